The summed E-state index contributed by atoms with van der Waals surface area (Å²) >= 11 is 0. The number of ether oxygens (including phenoxy) is 2. The van der Waals surface area contributed by atoms with Crippen LogP contribution in [0.15, 0.2) is 60.7 Å². The first kappa shape index (κ1) is 17.8. The summed E-state index contributed by atoms with van der Waals surface area (Å²) in [5, 5.41) is 21.6. The number of β-amino-alcohol motifs (C(OH)–C–C–N with tert-alkyl or cyclic N) is 1. The number of fused-ring (bicyclic) bond motifs is 1. The average Bonchev–Trinajstić information content (AvgIpc) is 3.14. The molecule has 4 rings (SSSR count). The summed E-state index contributed by atoms with van der Waals surface area (Å²) in [6.07, 6.45) is -1.55. The molecule has 1 amide bonds. The number of aliphatic hydroxyl groups is 2. The Labute approximate surface area is 157 Å². The molecular formula is C21H23NO5. The van der Waals surface area contributed by atoms with E-state index in [4.69, 9.17) is 9.47 Å². The summed E-state index contributed by atoms with van der Waals surface area (Å²) in [5.41, 5.74) is -0.467. The highest BCUT2D eigenvalue weighted by Gasteiger charge is 2.60. The zero-order valence-corrected chi connectivity index (χ0v) is 14.9. The number of hydrogen-bond donors (Lipinski definition) is 2. The van der Waals surface area contributed by atoms with Gasteiger partial charge >= 0.3 is 6.09 Å². The van der Waals surface area contributed by atoms with Crippen molar-refractivity contribution in [1.29, 1.82) is 0 Å². The fourth-order valence-electron chi connectivity index (χ4n) is 4.00. The summed E-state index contributed by atoms with van der Waals surface area (Å²) in [4.78, 5) is 13.8. The quantitative estimate of drug-likeness (QED) is 0.864. The molecule has 2 fully saturated rings. The van der Waals surface area contributed by atoms with Crippen LogP contribution in [-0.4, -0.2) is 52.1 Å². The summed E-state index contributed by atoms with van der Waals surface area (Å²) in [6.45, 7) is 0.568. The number of hydrogen-bond acceptors (Lipinski definition) is 5. The first-order valence-corrected chi connectivity index (χ1v) is 9.14. The molecule has 2 aliphatic rings. The van der Waals surface area contributed by atoms with Crippen LogP contribution >= 0.6 is 0 Å². The maximum atomic E-state index is 12.4. The van der Waals surface area contributed by atoms with Gasteiger partial charge in [-0.05, 0) is 24.1 Å². The first-order valence-electron chi connectivity index (χ1n) is 9.14. The van der Waals surface area contributed by atoms with Gasteiger partial charge in [0.25, 0.3) is 0 Å². The standard InChI is InChI=1S/C21H23NO5/c23-19-18(27-17-9-5-2-6-10-17)11-16-12-22(14-21(16,19)25)20(24)26-13-15-7-3-1-4-8-15/h1-10,16,18-19,23,25H,11-14H2/t16-,18+,19+,21-/m0/s1. The number of amides is 1. The Bertz CT molecular complexity index is 784. The molecule has 2 aromatic rings. The van der Waals surface area contributed by atoms with Gasteiger partial charge < -0.3 is 24.6 Å². The molecular weight excluding hydrogens is 346 g/mol. The van der Waals surface area contributed by atoms with Gasteiger partial charge in [-0.3, -0.25) is 0 Å². The molecule has 0 bridgehead atoms. The van der Waals surface area contributed by atoms with Crippen molar-refractivity contribution < 1.29 is 24.5 Å². The summed E-state index contributed by atoms with van der Waals surface area (Å²) in [5.74, 6) is 0.412. The summed E-state index contributed by atoms with van der Waals surface area (Å²) in [6, 6.07) is 18.7. The minimum absolute atomic E-state index is 0.0428. The maximum absolute atomic E-state index is 12.4. The molecule has 6 heteroatoms. The molecule has 27 heavy (non-hydrogen) atoms. The number of para-hydroxylation sites is 1. The Morgan fingerprint density at radius 1 is 1.11 bits per heavy atom. The van der Waals surface area contributed by atoms with E-state index in [1.807, 2.05) is 60.7 Å². The third-order valence-electron chi connectivity index (χ3n) is 5.47. The molecule has 1 heterocycles. The van der Waals surface area contributed by atoms with Gasteiger partial charge in [-0.15, -0.1) is 0 Å². The van der Waals surface area contributed by atoms with E-state index in [2.05, 4.69) is 0 Å². The Hall–Kier alpha value is -2.57. The zero-order valence-electron chi connectivity index (χ0n) is 14.9. The predicted molar refractivity (Wildman–Crippen MR) is 98.1 cm³/mol. The lowest BCUT2D eigenvalue weighted by Crippen LogP contribution is -2.49. The molecule has 1 saturated carbocycles. The highest BCUT2D eigenvalue weighted by Crippen LogP contribution is 2.43. The second-order valence-corrected chi connectivity index (χ2v) is 7.26. The predicted octanol–water partition coefficient (Wildman–Crippen LogP) is 2.20. The molecule has 142 valence electrons. The Morgan fingerprint density at radius 2 is 1.78 bits per heavy atom. The van der Waals surface area contributed by atoms with Crippen LogP contribution in [0.1, 0.15) is 12.0 Å². The van der Waals surface area contributed by atoms with E-state index in [0.29, 0.717) is 18.7 Å². The Morgan fingerprint density at radius 3 is 2.44 bits per heavy atom. The SMILES string of the molecule is O=C(OCc1ccccc1)N1C[C@@H]2C[C@@H](Oc3ccccc3)[C@@H](O)[C@]2(O)C1. The van der Waals surface area contributed by atoms with E-state index >= 15 is 0 Å². The minimum atomic E-state index is -1.37. The minimum Gasteiger partial charge on any atom is -0.488 e. The Kier molecular flexibility index (Phi) is 4.76. The van der Waals surface area contributed by atoms with Gasteiger partial charge in [0.1, 0.15) is 30.2 Å². The molecule has 2 aromatic carbocycles. The van der Waals surface area contributed by atoms with E-state index in [0.717, 1.165) is 5.56 Å². The number of rotatable bonds is 4. The smallest absolute Gasteiger partial charge is 0.410 e. The molecule has 0 unspecified atom stereocenters. The lowest BCUT2D eigenvalue weighted by Gasteiger charge is -2.28. The van der Waals surface area contributed by atoms with Crippen LogP contribution in [0, 0.1) is 5.92 Å². The van der Waals surface area contributed by atoms with E-state index in [1.54, 1.807) is 0 Å². The molecule has 1 aliphatic carbocycles. The van der Waals surface area contributed by atoms with Crippen molar-refractivity contribution in [2.45, 2.75) is 30.8 Å². The van der Waals surface area contributed by atoms with Crippen molar-refractivity contribution in [3.63, 3.8) is 0 Å². The van der Waals surface area contributed by atoms with Crippen molar-refractivity contribution in [2.75, 3.05) is 13.1 Å². The van der Waals surface area contributed by atoms with Gasteiger partial charge in [-0.25, -0.2) is 4.79 Å². The fourth-order valence-corrected chi connectivity index (χ4v) is 4.00. The highest BCUT2D eigenvalue weighted by atomic mass is 16.6. The van der Waals surface area contributed by atoms with Gasteiger partial charge in [0.2, 0.25) is 0 Å². The van der Waals surface area contributed by atoms with Crippen LogP contribution in [0.5, 0.6) is 5.75 Å². The summed E-state index contributed by atoms with van der Waals surface area (Å²) in [7, 11) is 0. The molecule has 0 radical (unpaired) electrons. The molecule has 1 saturated heterocycles. The van der Waals surface area contributed by atoms with Gasteiger partial charge in [0.05, 0.1) is 6.54 Å². The van der Waals surface area contributed by atoms with Crippen molar-refractivity contribution in [3.8, 4) is 5.75 Å². The number of nitrogens with zero attached hydrogens (tertiary/aromatic N) is 1. The molecule has 4 atom stereocenters. The maximum Gasteiger partial charge on any atom is 0.410 e. The van der Waals surface area contributed by atoms with E-state index < -0.39 is 23.9 Å². The van der Waals surface area contributed by atoms with Crippen LogP contribution in [0.25, 0.3) is 0 Å². The molecule has 6 nitrogen and oxygen atoms in total. The number of benzene rings is 2. The van der Waals surface area contributed by atoms with Crippen molar-refractivity contribution in [2.24, 2.45) is 5.92 Å². The molecule has 1 aliphatic heterocycles. The topological polar surface area (TPSA) is 79.2 Å². The van der Waals surface area contributed by atoms with Gasteiger partial charge in [0, 0.05) is 12.5 Å². The van der Waals surface area contributed by atoms with Crippen molar-refractivity contribution >= 4 is 6.09 Å². The van der Waals surface area contributed by atoms with Crippen LogP contribution < -0.4 is 4.74 Å². The van der Waals surface area contributed by atoms with E-state index in [-0.39, 0.29) is 19.1 Å². The fraction of sp³-hybridized carbons (Fsp3) is 0.381. The van der Waals surface area contributed by atoms with Gasteiger partial charge in [-0.2, -0.15) is 0 Å². The van der Waals surface area contributed by atoms with Crippen LogP contribution in [0.4, 0.5) is 4.79 Å². The van der Waals surface area contributed by atoms with Gasteiger partial charge in [-0.1, -0.05) is 48.5 Å². The number of likely N-dealkylation sites (tertiary alicyclic amines) is 1. The Balaban J connectivity index is 1.35. The monoisotopic (exact) mass is 369 g/mol. The van der Waals surface area contributed by atoms with Crippen LogP contribution in [-0.2, 0) is 11.3 Å². The molecule has 2 N–H and O–H groups in total. The lowest BCUT2D eigenvalue weighted by atomic mass is 9.93. The lowest BCUT2D eigenvalue weighted by molar-refractivity contribution is -0.0859. The third kappa shape index (κ3) is 3.50. The number of carbonyl (C=O) groups excluding carboxylic acids is 1. The van der Waals surface area contributed by atoms with Gasteiger partial charge in [0.15, 0.2) is 0 Å². The van der Waals surface area contributed by atoms with Crippen LogP contribution in [0.2, 0.25) is 0 Å². The van der Waals surface area contributed by atoms with E-state index in [9.17, 15) is 15.0 Å². The number of carbonyl (C=O) groups is 1. The second kappa shape index (κ2) is 7.21. The first-order chi connectivity index (χ1) is 13.1. The van der Waals surface area contributed by atoms with E-state index in [1.165, 1.54) is 4.90 Å². The van der Waals surface area contributed by atoms with Crippen molar-refractivity contribution in [1.82, 2.24) is 4.90 Å². The van der Waals surface area contributed by atoms with Crippen LogP contribution in [0.3, 0.4) is 0 Å². The summed E-state index contributed by atoms with van der Waals surface area (Å²) < 4.78 is 11.2. The molecule has 0 spiro atoms. The normalized spacial score (nSPS) is 29.4. The second-order valence-electron chi connectivity index (χ2n) is 7.26. The number of aliphatic hydroxyl groups excluding tert-OH is 1. The third-order valence-corrected chi connectivity index (χ3v) is 5.47. The highest BCUT2D eigenvalue weighted by molar-refractivity contribution is 5.68. The van der Waals surface area contributed by atoms with Crippen molar-refractivity contribution in [3.05, 3.63) is 66.2 Å². The molecule has 0 aromatic heterocycles. The largest absolute Gasteiger partial charge is 0.488 e. The average molecular weight is 369 g/mol. The zero-order chi connectivity index (χ0) is 18.9.